The van der Waals surface area contributed by atoms with Crippen molar-refractivity contribution in [3.63, 3.8) is 0 Å². The first-order valence-corrected chi connectivity index (χ1v) is 11.5. The summed E-state index contributed by atoms with van der Waals surface area (Å²) < 4.78 is 5.60. The number of amides is 1. The molecule has 5 rings (SSSR count). The van der Waals surface area contributed by atoms with E-state index in [0.29, 0.717) is 24.2 Å². The van der Waals surface area contributed by atoms with E-state index in [0.717, 1.165) is 56.5 Å². The lowest BCUT2D eigenvalue weighted by Gasteiger charge is -2.49. The molecule has 1 unspecified atom stereocenters. The molecule has 3 aliphatic rings. The number of anilines is 3. The highest BCUT2D eigenvalue weighted by molar-refractivity contribution is 5.66. The smallest absolute Gasteiger partial charge is 0.407 e. The molecule has 2 bridgehead atoms. The van der Waals surface area contributed by atoms with E-state index in [2.05, 4.69) is 20.4 Å². The van der Waals surface area contributed by atoms with E-state index in [-0.39, 0.29) is 24.0 Å². The Balaban J connectivity index is 1.41. The van der Waals surface area contributed by atoms with E-state index >= 15 is 0 Å². The average molecular weight is 442 g/mol. The van der Waals surface area contributed by atoms with Gasteiger partial charge in [0.15, 0.2) is 5.82 Å². The molecular formula is C22H31N7O3. The van der Waals surface area contributed by atoms with Gasteiger partial charge in [0.1, 0.15) is 5.82 Å². The first-order valence-electron chi connectivity index (χ1n) is 11.5. The van der Waals surface area contributed by atoms with Crippen LogP contribution in [0.15, 0.2) is 12.1 Å². The molecule has 10 nitrogen and oxygen atoms in total. The van der Waals surface area contributed by atoms with Crippen LogP contribution in [0, 0.1) is 6.92 Å². The minimum Gasteiger partial charge on any atom is -0.465 e. The Labute approximate surface area is 187 Å². The summed E-state index contributed by atoms with van der Waals surface area (Å²) in [6.07, 6.45) is 4.72. The Morgan fingerprint density at radius 3 is 2.62 bits per heavy atom. The Morgan fingerprint density at radius 1 is 1.22 bits per heavy atom. The van der Waals surface area contributed by atoms with Gasteiger partial charge in [-0.1, -0.05) is 0 Å². The van der Waals surface area contributed by atoms with Crippen molar-refractivity contribution in [2.75, 3.05) is 30.5 Å². The number of fused-ring (bicyclic) bond motifs is 2. The van der Waals surface area contributed by atoms with Crippen molar-refractivity contribution in [3.8, 4) is 0 Å². The maximum absolute atomic E-state index is 11.8. The quantitative estimate of drug-likeness (QED) is 0.647. The fourth-order valence-corrected chi connectivity index (χ4v) is 5.41. The van der Waals surface area contributed by atoms with Gasteiger partial charge in [0.05, 0.1) is 12.3 Å². The highest BCUT2D eigenvalue weighted by atomic mass is 16.5. The Kier molecular flexibility index (Phi) is 5.62. The molecule has 3 fully saturated rings. The van der Waals surface area contributed by atoms with Crippen molar-refractivity contribution in [1.29, 1.82) is 0 Å². The lowest BCUT2D eigenvalue weighted by molar-refractivity contribution is 0.0351. The number of aryl methyl sites for hydroxylation is 1. The second kappa shape index (κ2) is 8.57. The van der Waals surface area contributed by atoms with Crippen LogP contribution in [0.1, 0.15) is 55.8 Å². The lowest BCUT2D eigenvalue weighted by atomic mass is 9.81. The largest absolute Gasteiger partial charge is 0.465 e. The van der Waals surface area contributed by atoms with Gasteiger partial charge in [-0.05, 0) is 45.4 Å². The number of nitrogens with one attached hydrogen (secondary N) is 2. The molecule has 5 heterocycles. The third-order valence-corrected chi connectivity index (χ3v) is 7.08. The van der Waals surface area contributed by atoms with Crippen molar-refractivity contribution in [3.05, 3.63) is 23.5 Å². The van der Waals surface area contributed by atoms with Crippen LogP contribution in [-0.2, 0) is 4.74 Å². The molecular weight excluding hydrogens is 410 g/mol. The molecule has 3 saturated heterocycles. The molecule has 2 aromatic heterocycles. The first kappa shape index (κ1) is 21.0. The molecule has 2 aromatic rings. The van der Waals surface area contributed by atoms with Crippen LogP contribution >= 0.6 is 0 Å². The second-order valence-corrected chi connectivity index (χ2v) is 9.26. The summed E-state index contributed by atoms with van der Waals surface area (Å²) in [4.78, 5) is 25.4. The van der Waals surface area contributed by atoms with E-state index in [1.165, 1.54) is 0 Å². The molecule has 3 N–H and O–H groups in total. The third-order valence-electron chi connectivity index (χ3n) is 7.08. The van der Waals surface area contributed by atoms with Gasteiger partial charge in [0.2, 0.25) is 5.95 Å². The Bertz CT molecular complexity index is 960. The van der Waals surface area contributed by atoms with E-state index < -0.39 is 6.09 Å². The number of aromatic nitrogens is 4. The number of aromatic amines is 1. The van der Waals surface area contributed by atoms with Gasteiger partial charge in [-0.3, -0.25) is 5.10 Å². The van der Waals surface area contributed by atoms with Gasteiger partial charge < -0.3 is 25.0 Å². The minimum absolute atomic E-state index is 0.0727. The number of carboxylic acid groups (broad SMARTS) is 1. The van der Waals surface area contributed by atoms with Crippen LogP contribution in [-0.4, -0.2) is 74.7 Å². The summed E-state index contributed by atoms with van der Waals surface area (Å²) in [5.41, 5.74) is 1.94. The van der Waals surface area contributed by atoms with Crippen LogP contribution in [0.5, 0.6) is 0 Å². The molecule has 0 aliphatic carbocycles. The van der Waals surface area contributed by atoms with Crippen LogP contribution in [0.2, 0.25) is 0 Å². The average Bonchev–Trinajstić information content (AvgIpc) is 3.44. The predicted octanol–water partition coefficient (Wildman–Crippen LogP) is 3.26. The summed E-state index contributed by atoms with van der Waals surface area (Å²) >= 11 is 0. The van der Waals surface area contributed by atoms with Gasteiger partial charge in [-0.25, -0.2) is 9.78 Å². The van der Waals surface area contributed by atoms with Crippen molar-refractivity contribution in [2.24, 2.45) is 0 Å². The number of hydrogen-bond acceptors (Lipinski definition) is 7. The van der Waals surface area contributed by atoms with E-state index in [1.807, 2.05) is 26.1 Å². The highest BCUT2D eigenvalue weighted by Crippen LogP contribution is 2.37. The summed E-state index contributed by atoms with van der Waals surface area (Å²) in [6, 6.07) is 4.28. The van der Waals surface area contributed by atoms with Gasteiger partial charge in [-0.15, -0.1) is 0 Å². The first-order chi connectivity index (χ1) is 15.5. The van der Waals surface area contributed by atoms with Gasteiger partial charge >= 0.3 is 6.09 Å². The zero-order valence-electron chi connectivity index (χ0n) is 18.6. The Hall–Kier alpha value is -2.88. The van der Waals surface area contributed by atoms with Crippen LogP contribution < -0.4 is 10.2 Å². The molecule has 10 heteroatoms. The van der Waals surface area contributed by atoms with E-state index in [4.69, 9.17) is 14.7 Å². The van der Waals surface area contributed by atoms with Gasteiger partial charge in [-0.2, -0.15) is 10.1 Å². The number of piperidine rings is 2. The summed E-state index contributed by atoms with van der Waals surface area (Å²) in [5.74, 6) is 2.34. The van der Waals surface area contributed by atoms with Crippen molar-refractivity contribution >= 4 is 23.7 Å². The van der Waals surface area contributed by atoms with Crippen molar-refractivity contribution in [2.45, 2.75) is 69.5 Å². The van der Waals surface area contributed by atoms with Crippen LogP contribution in [0.4, 0.5) is 22.4 Å². The molecule has 32 heavy (non-hydrogen) atoms. The number of rotatable bonds is 5. The monoisotopic (exact) mass is 441 g/mol. The molecule has 0 saturated carbocycles. The standard InChI is InChI=1S/C22H31N7O3/c1-13-8-20(27-26-13)24-19-11-18(14-6-7-32-12-14)23-21(25-19)28(2)17-9-15-4-3-5-16(10-17)29(15)22(30)31/h8,11,14-17H,3-7,9-10,12H2,1-2H3,(H,30,31)(H2,23,24,25,26,27)/t14?,15-,16+,17+. The summed E-state index contributed by atoms with van der Waals surface area (Å²) in [6.45, 7) is 3.37. The molecule has 172 valence electrons. The third kappa shape index (κ3) is 4.11. The molecule has 3 aliphatic heterocycles. The van der Waals surface area contributed by atoms with E-state index in [9.17, 15) is 9.90 Å². The minimum atomic E-state index is -0.791. The normalized spacial score (nSPS) is 27.4. The topological polar surface area (TPSA) is 120 Å². The fraction of sp³-hybridized carbons (Fsp3) is 0.636. The molecule has 0 spiro atoms. The Morgan fingerprint density at radius 2 is 2.00 bits per heavy atom. The van der Waals surface area contributed by atoms with Crippen molar-refractivity contribution < 1.29 is 14.6 Å². The van der Waals surface area contributed by atoms with Gasteiger partial charge in [0, 0.05) is 55.5 Å². The summed E-state index contributed by atoms with van der Waals surface area (Å²) in [5, 5.41) is 20.2. The van der Waals surface area contributed by atoms with Crippen LogP contribution in [0.25, 0.3) is 0 Å². The second-order valence-electron chi connectivity index (χ2n) is 9.26. The van der Waals surface area contributed by atoms with Crippen LogP contribution in [0.3, 0.4) is 0 Å². The highest BCUT2D eigenvalue weighted by Gasteiger charge is 2.42. The molecule has 0 aromatic carbocycles. The lowest BCUT2D eigenvalue weighted by Crippen LogP contribution is -2.58. The maximum Gasteiger partial charge on any atom is 0.407 e. The number of hydrogen-bond donors (Lipinski definition) is 3. The van der Waals surface area contributed by atoms with Crippen molar-refractivity contribution in [1.82, 2.24) is 25.1 Å². The van der Waals surface area contributed by atoms with E-state index in [1.54, 1.807) is 4.90 Å². The zero-order valence-corrected chi connectivity index (χ0v) is 18.6. The summed E-state index contributed by atoms with van der Waals surface area (Å²) in [7, 11) is 2.03. The number of carbonyl (C=O) groups is 1. The maximum atomic E-state index is 11.8. The number of nitrogens with zero attached hydrogens (tertiary/aromatic N) is 5. The molecule has 4 atom stereocenters. The molecule has 0 radical (unpaired) electrons. The number of ether oxygens (including phenoxy) is 1. The zero-order chi connectivity index (χ0) is 22.2. The SMILES string of the molecule is Cc1cc(Nc2cc(C3CCOC3)nc(N(C)[C@H]3C[C@H]4CCC[C@@H](C3)N4C(=O)O)n2)n[nH]1. The van der Waals surface area contributed by atoms with Gasteiger partial charge in [0.25, 0.3) is 0 Å². The fourth-order valence-electron chi connectivity index (χ4n) is 5.41. The number of H-pyrrole nitrogens is 1. The molecule has 1 amide bonds. The predicted molar refractivity (Wildman–Crippen MR) is 120 cm³/mol.